The van der Waals surface area contributed by atoms with Gasteiger partial charge in [-0.25, -0.2) is 0 Å². The lowest BCUT2D eigenvalue weighted by Crippen LogP contribution is -2.27. The quantitative estimate of drug-likeness (QED) is 0.925. The fraction of sp³-hybridized carbons (Fsp3) is 0.353. The number of nitrogens with zero attached hydrogens (tertiary/aromatic N) is 1. The van der Waals surface area contributed by atoms with E-state index in [1.54, 1.807) is 0 Å². The van der Waals surface area contributed by atoms with Crippen molar-refractivity contribution in [3.05, 3.63) is 59.9 Å². The molecule has 20 heavy (non-hydrogen) atoms. The van der Waals surface area contributed by atoms with Crippen molar-refractivity contribution in [1.82, 2.24) is 10.3 Å². The lowest BCUT2D eigenvalue weighted by Gasteiger charge is -2.24. The van der Waals surface area contributed by atoms with Crippen LogP contribution in [0.15, 0.2) is 48.8 Å². The van der Waals surface area contributed by atoms with Gasteiger partial charge in [0.15, 0.2) is 0 Å². The van der Waals surface area contributed by atoms with Crippen molar-refractivity contribution in [3.8, 4) is 5.75 Å². The van der Waals surface area contributed by atoms with Crippen LogP contribution in [0.3, 0.4) is 0 Å². The zero-order valence-electron chi connectivity index (χ0n) is 11.6. The van der Waals surface area contributed by atoms with Crippen LogP contribution in [-0.4, -0.2) is 18.1 Å². The van der Waals surface area contributed by atoms with Gasteiger partial charge >= 0.3 is 0 Å². The molecular weight excluding hydrogens is 248 g/mol. The molecular formula is C17H20N2O. The number of hydrogen-bond acceptors (Lipinski definition) is 3. The molecule has 1 aliphatic heterocycles. The summed E-state index contributed by atoms with van der Waals surface area (Å²) in [5.74, 6) is 1.54. The number of hydrogen-bond donors (Lipinski definition) is 1. The molecule has 2 heterocycles. The smallest absolute Gasteiger partial charge is 0.119 e. The molecule has 0 saturated carbocycles. The molecule has 1 aromatic carbocycles. The minimum atomic E-state index is 0.594. The van der Waals surface area contributed by atoms with Gasteiger partial charge in [0.1, 0.15) is 12.4 Å². The van der Waals surface area contributed by atoms with Crippen LogP contribution in [0.4, 0.5) is 0 Å². The molecule has 0 amide bonds. The Kier molecular flexibility index (Phi) is 4.28. The summed E-state index contributed by atoms with van der Waals surface area (Å²) in [6.45, 7) is 2.80. The second-order valence-electron chi connectivity index (χ2n) is 5.20. The molecule has 0 atom stereocenters. The molecule has 3 heteroatoms. The molecule has 0 bridgehead atoms. The van der Waals surface area contributed by atoms with Gasteiger partial charge in [-0.3, -0.25) is 4.98 Å². The number of piperidine rings is 1. The van der Waals surface area contributed by atoms with E-state index < -0.39 is 0 Å². The van der Waals surface area contributed by atoms with E-state index in [1.807, 2.05) is 42.7 Å². The number of ether oxygens (including phenoxy) is 1. The molecule has 1 aliphatic rings. The van der Waals surface area contributed by atoms with Crippen molar-refractivity contribution >= 4 is 0 Å². The first-order valence-electron chi connectivity index (χ1n) is 7.25. The van der Waals surface area contributed by atoms with E-state index in [2.05, 4.69) is 16.4 Å². The summed E-state index contributed by atoms with van der Waals surface area (Å²) in [5.41, 5.74) is 2.61. The first kappa shape index (κ1) is 13.1. The van der Waals surface area contributed by atoms with Crippen molar-refractivity contribution in [2.45, 2.75) is 25.4 Å². The molecule has 0 radical (unpaired) electrons. The number of para-hydroxylation sites is 1. The van der Waals surface area contributed by atoms with Crippen LogP contribution in [-0.2, 0) is 6.61 Å². The minimum Gasteiger partial charge on any atom is -0.489 e. The number of aromatic nitrogens is 1. The largest absolute Gasteiger partial charge is 0.489 e. The summed E-state index contributed by atoms with van der Waals surface area (Å²) in [6.07, 6.45) is 6.23. The van der Waals surface area contributed by atoms with E-state index >= 15 is 0 Å². The van der Waals surface area contributed by atoms with Crippen LogP contribution in [0.5, 0.6) is 5.75 Å². The summed E-state index contributed by atoms with van der Waals surface area (Å²) >= 11 is 0. The summed E-state index contributed by atoms with van der Waals surface area (Å²) in [4.78, 5) is 4.26. The zero-order valence-corrected chi connectivity index (χ0v) is 11.6. The highest BCUT2D eigenvalue weighted by Crippen LogP contribution is 2.28. The van der Waals surface area contributed by atoms with E-state index in [0.29, 0.717) is 12.5 Å². The third-order valence-corrected chi connectivity index (χ3v) is 3.86. The van der Waals surface area contributed by atoms with Crippen LogP contribution in [0.25, 0.3) is 0 Å². The lowest BCUT2D eigenvalue weighted by atomic mass is 9.88. The maximum absolute atomic E-state index is 5.87. The Morgan fingerprint density at radius 2 is 1.90 bits per heavy atom. The summed E-state index contributed by atoms with van der Waals surface area (Å²) in [5, 5.41) is 3.41. The van der Waals surface area contributed by atoms with E-state index in [9.17, 15) is 0 Å². The van der Waals surface area contributed by atoms with Gasteiger partial charge < -0.3 is 10.1 Å². The van der Waals surface area contributed by atoms with E-state index in [0.717, 1.165) is 18.8 Å². The third kappa shape index (κ3) is 3.17. The molecule has 1 saturated heterocycles. The van der Waals surface area contributed by atoms with E-state index in [-0.39, 0.29) is 0 Å². The first-order chi connectivity index (χ1) is 9.93. The predicted octanol–water partition coefficient (Wildman–Crippen LogP) is 3.13. The number of benzene rings is 1. The van der Waals surface area contributed by atoms with Crippen molar-refractivity contribution in [1.29, 1.82) is 0 Å². The summed E-state index contributed by atoms with van der Waals surface area (Å²) in [6, 6.07) is 12.1. The molecule has 3 nitrogen and oxygen atoms in total. The fourth-order valence-corrected chi connectivity index (χ4v) is 2.77. The molecule has 1 fully saturated rings. The van der Waals surface area contributed by atoms with Gasteiger partial charge in [-0.2, -0.15) is 0 Å². The van der Waals surface area contributed by atoms with Gasteiger partial charge in [0, 0.05) is 18.0 Å². The third-order valence-electron chi connectivity index (χ3n) is 3.86. The van der Waals surface area contributed by atoms with Gasteiger partial charge in [-0.1, -0.05) is 18.2 Å². The van der Waals surface area contributed by atoms with Crippen molar-refractivity contribution in [2.75, 3.05) is 13.1 Å². The second-order valence-corrected chi connectivity index (χ2v) is 5.20. The monoisotopic (exact) mass is 268 g/mol. The molecule has 2 aromatic rings. The average Bonchev–Trinajstić information content (AvgIpc) is 2.55. The molecule has 0 aliphatic carbocycles. The van der Waals surface area contributed by atoms with E-state index in [1.165, 1.54) is 24.0 Å². The summed E-state index contributed by atoms with van der Waals surface area (Å²) < 4.78 is 5.87. The zero-order chi connectivity index (χ0) is 13.6. The van der Waals surface area contributed by atoms with Crippen LogP contribution in [0, 0.1) is 0 Å². The molecule has 3 rings (SSSR count). The van der Waals surface area contributed by atoms with Gasteiger partial charge in [-0.05, 0) is 55.6 Å². The highest BCUT2D eigenvalue weighted by Gasteiger charge is 2.18. The maximum atomic E-state index is 5.87. The SMILES string of the molecule is c1ccc(OCc2cnccc2C2CCNCC2)cc1. The Morgan fingerprint density at radius 3 is 2.70 bits per heavy atom. The minimum absolute atomic E-state index is 0.594. The predicted molar refractivity (Wildman–Crippen MR) is 79.9 cm³/mol. The van der Waals surface area contributed by atoms with Crippen LogP contribution in [0.2, 0.25) is 0 Å². The van der Waals surface area contributed by atoms with Crippen LogP contribution >= 0.6 is 0 Å². The standard InChI is InChI=1S/C17H20N2O/c1-2-4-16(5-3-1)20-13-15-12-19-11-8-17(15)14-6-9-18-10-7-14/h1-5,8,11-12,14,18H,6-7,9-10,13H2. The van der Waals surface area contributed by atoms with Crippen molar-refractivity contribution < 1.29 is 4.74 Å². The van der Waals surface area contributed by atoms with Crippen LogP contribution < -0.4 is 10.1 Å². The highest BCUT2D eigenvalue weighted by atomic mass is 16.5. The fourth-order valence-electron chi connectivity index (χ4n) is 2.77. The van der Waals surface area contributed by atoms with Gasteiger partial charge in [-0.15, -0.1) is 0 Å². The Bertz CT molecular complexity index is 536. The van der Waals surface area contributed by atoms with Crippen molar-refractivity contribution in [3.63, 3.8) is 0 Å². The molecule has 1 aromatic heterocycles. The Hall–Kier alpha value is -1.87. The molecule has 0 spiro atoms. The summed E-state index contributed by atoms with van der Waals surface area (Å²) in [7, 11) is 0. The Morgan fingerprint density at radius 1 is 1.10 bits per heavy atom. The molecule has 104 valence electrons. The number of pyridine rings is 1. The lowest BCUT2D eigenvalue weighted by molar-refractivity contribution is 0.302. The second kappa shape index (κ2) is 6.53. The number of nitrogens with one attached hydrogen (secondary N) is 1. The molecule has 1 N–H and O–H groups in total. The van der Waals surface area contributed by atoms with Gasteiger partial charge in [0.2, 0.25) is 0 Å². The van der Waals surface area contributed by atoms with Gasteiger partial charge in [0.05, 0.1) is 0 Å². The van der Waals surface area contributed by atoms with Gasteiger partial charge in [0.25, 0.3) is 0 Å². The Balaban J connectivity index is 1.72. The Labute approximate surface area is 120 Å². The highest BCUT2D eigenvalue weighted by molar-refractivity contribution is 5.28. The van der Waals surface area contributed by atoms with E-state index in [4.69, 9.17) is 4.74 Å². The van der Waals surface area contributed by atoms with Crippen LogP contribution in [0.1, 0.15) is 29.9 Å². The normalized spacial score (nSPS) is 16.0. The number of rotatable bonds is 4. The molecule has 0 unspecified atom stereocenters. The average molecular weight is 268 g/mol. The topological polar surface area (TPSA) is 34.1 Å². The van der Waals surface area contributed by atoms with Crippen molar-refractivity contribution in [2.24, 2.45) is 0 Å². The maximum Gasteiger partial charge on any atom is 0.119 e. The first-order valence-corrected chi connectivity index (χ1v) is 7.25.